The SMILES string of the molecule is COc1ccc(CCc2cnc3c(N)nc4cc(C)ccc4c3c2)c(C)c1.COc1ccc(CCc2cnc3c(N)nc4cc(C)ccc4c3c2)c(C)c1. The highest BCUT2D eigenvalue weighted by Crippen LogP contribution is 2.30. The third kappa shape index (κ3) is 7.60. The molecular weight excluding hydrogens is 669 g/mol. The molecule has 0 radical (unpaired) electrons. The minimum Gasteiger partial charge on any atom is -0.497 e. The molecule has 0 saturated heterocycles. The molecule has 8 heteroatoms. The molecule has 54 heavy (non-hydrogen) atoms. The third-order valence-electron chi connectivity index (χ3n) is 10.2. The monoisotopic (exact) mass is 714 g/mol. The van der Waals surface area contributed by atoms with Crippen molar-refractivity contribution in [3.8, 4) is 11.5 Å². The fourth-order valence-corrected chi connectivity index (χ4v) is 7.11. The Balaban J connectivity index is 0.000000167. The van der Waals surface area contributed by atoms with Crippen LogP contribution >= 0.6 is 0 Å². The second kappa shape index (κ2) is 15.4. The summed E-state index contributed by atoms with van der Waals surface area (Å²) in [5.74, 6) is 2.77. The van der Waals surface area contributed by atoms with E-state index in [1.54, 1.807) is 14.2 Å². The highest BCUT2D eigenvalue weighted by Gasteiger charge is 2.12. The molecule has 4 heterocycles. The van der Waals surface area contributed by atoms with Crippen molar-refractivity contribution in [3.63, 3.8) is 0 Å². The van der Waals surface area contributed by atoms with Crippen molar-refractivity contribution in [2.45, 2.75) is 53.4 Å². The molecule has 0 atom stereocenters. The molecular formula is C46H46N6O2. The summed E-state index contributed by atoms with van der Waals surface area (Å²) in [6, 6.07) is 29.5. The molecule has 0 fully saturated rings. The van der Waals surface area contributed by atoms with Crippen molar-refractivity contribution < 1.29 is 9.47 Å². The Morgan fingerprint density at radius 3 is 1.30 bits per heavy atom. The molecule has 0 aliphatic rings. The number of nitrogens with two attached hydrogens (primary N) is 2. The highest BCUT2D eigenvalue weighted by atomic mass is 16.5. The Kier molecular flexibility index (Phi) is 10.3. The standard InChI is InChI=1S/2C23H23N3O/c2*1-14-4-9-19-20-12-16(13-25-22(20)23(24)26-21(19)10-14)5-6-17-7-8-18(27-3)11-15(17)2/h2*4,7-13H,5-6H2,1-3H3,(H2,24,26). The summed E-state index contributed by atoms with van der Waals surface area (Å²) >= 11 is 0. The molecule has 0 amide bonds. The number of fused-ring (bicyclic) bond motifs is 6. The lowest BCUT2D eigenvalue weighted by Gasteiger charge is -2.10. The fourth-order valence-electron chi connectivity index (χ4n) is 7.11. The maximum Gasteiger partial charge on any atom is 0.150 e. The first kappa shape index (κ1) is 36.1. The number of rotatable bonds is 8. The fraction of sp³-hybridized carbons (Fsp3) is 0.217. The van der Waals surface area contributed by atoms with Crippen LogP contribution < -0.4 is 20.9 Å². The lowest BCUT2D eigenvalue weighted by molar-refractivity contribution is 0.414. The molecule has 8 nitrogen and oxygen atoms in total. The molecule has 4 aromatic carbocycles. The van der Waals surface area contributed by atoms with Gasteiger partial charge >= 0.3 is 0 Å². The van der Waals surface area contributed by atoms with Gasteiger partial charge in [0, 0.05) is 33.9 Å². The van der Waals surface area contributed by atoms with Crippen molar-refractivity contribution in [1.29, 1.82) is 0 Å². The van der Waals surface area contributed by atoms with Crippen LogP contribution in [0.5, 0.6) is 11.5 Å². The Hall–Kier alpha value is -6.28. The van der Waals surface area contributed by atoms with Crippen LogP contribution in [0.1, 0.15) is 44.5 Å². The smallest absolute Gasteiger partial charge is 0.150 e. The normalized spacial score (nSPS) is 11.2. The number of aryl methyl sites for hydroxylation is 8. The summed E-state index contributed by atoms with van der Waals surface area (Å²) < 4.78 is 10.6. The summed E-state index contributed by atoms with van der Waals surface area (Å²) in [5.41, 5.74) is 25.6. The summed E-state index contributed by atoms with van der Waals surface area (Å²) in [6.45, 7) is 8.37. The zero-order valence-corrected chi connectivity index (χ0v) is 31.8. The number of benzene rings is 4. The third-order valence-corrected chi connectivity index (χ3v) is 10.2. The zero-order chi connectivity index (χ0) is 37.9. The first-order valence-corrected chi connectivity index (χ1v) is 18.3. The molecule has 272 valence electrons. The van der Waals surface area contributed by atoms with Gasteiger partial charge in [0.25, 0.3) is 0 Å². The van der Waals surface area contributed by atoms with Crippen LogP contribution in [0.3, 0.4) is 0 Å². The number of anilines is 2. The van der Waals surface area contributed by atoms with Gasteiger partial charge in [-0.2, -0.15) is 0 Å². The summed E-state index contributed by atoms with van der Waals surface area (Å²) in [4.78, 5) is 18.3. The quantitative estimate of drug-likeness (QED) is 0.149. The number of aromatic nitrogens is 4. The van der Waals surface area contributed by atoms with Gasteiger partial charge in [0.2, 0.25) is 0 Å². The van der Waals surface area contributed by atoms with Gasteiger partial charge in [-0.1, -0.05) is 36.4 Å². The van der Waals surface area contributed by atoms with Crippen molar-refractivity contribution in [2.24, 2.45) is 0 Å². The predicted octanol–water partition coefficient (Wildman–Crippen LogP) is 9.55. The molecule has 0 unspecified atom stereocenters. The number of methoxy groups -OCH3 is 2. The van der Waals surface area contributed by atoms with E-state index in [0.29, 0.717) is 11.6 Å². The Morgan fingerprint density at radius 1 is 0.481 bits per heavy atom. The molecule has 0 aliphatic carbocycles. The van der Waals surface area contributed by atoms with Gasteiger partial charge in [0.05, 0.1) is 25.3 Å². The molecule has 0 bridgehead atoms. The Bertz CT molecular complexity index is 2490. The van der Waals surface area contributed by atoms with Gasteiger partial charge in [0.1, 0.15) is 22.5 Å². The number of hydrogen-bond donors (Lipinski definition) is 2. The van der Waals surface area contributed by atoms with E-state index in [9.17, 15) is 0 Å². The second-order valence-electron chi connectivity index (χ2n) is 14.1. The number of nitrogens with zero attached hydrogens (tertiary/aromatic N) is 4. The average Bonchev–Trinajstić information content (AvgIpc) is 3.16. The van der Waals surface area contributed by atoms with Gasteiger partial charge in [-0.25, -0.2) is 9.97 Å². The highest BCUT2D eigenvalue weighted by molar-refractivity contribution is 6.09. The molecule has 4 N–H and O–H groups in total. The van der Waals surface area contributed by atoms with Crippen LogP contribution in [0.15, 0.2) is 97.3 Å². The van der Waals surface area contributed by atoms with Crippen LogP contribution in [0.4, 0.5) is 11.6 Å². The van der Waals surface area contributed by atoms with E-state index in [-0.39, 0.29) is 0 Å². The molecule has 8 rings (SSSR count). The van der Waals surface area contributed by atoms with E-state index in [1.165, 1.54) is 44.5 Å². The molecule has 0 spiro atoms. The van der Waals surface area contributed by atoms with E-state index < -0.39 is 0 Å². The van der Waals surface area contributed by atoms with Crippen molar-refractivity contribution in [1.82, 2.24) is 19.9 Å². The van der Waals surface area contributed by atoms with Crippen molar-refractivity contribution >= 4 is 55.2 Å². The first-order valence-electron chi connectivity index (χ1n) is 18.3. The van der Waals surface area contributed by atoms with E-state index in [4.69, 9.17) is 20.9 Å². The zero-order valence-electron chi connectivity index (χ0n) is 31.8. The van der Waals surface area contributed by atoms with E-state index >= 15 is 0 Å². The van der Waals surface area contributed by atoms with Crippen LogP contribution in [0.2, 0.25) is 0 Å². The first-order chi connectivity index (χ1) is 26.1. The van der Waals surface area contributed by atoms with Gasteiger partial charge in [0.15, 0.2) is 11.6 Å². The van der Waals surface area contributed by atoms with Gasteiger partial charge in [-0.05, 0) is 146 Å². The van der Waals surface area contributed by atoms with Crippen LogP contribution in [-0.4, -0.2) is 34.2 Å². The largest absolute Gasteiger partial charge is 0.497 e. The number of nitrogen functional groups attached to an aromatic ring is 2. The molecule has 0 aliphatic heterocycles. The second-order valence-corrected chi connectivity index (χ2v) is 14.1. The van der Waals surface area contributed by atoms with Gasteiger partial charge < -0.3 is 20.9 Å². The lowest BCUT2D eigenvalue weighted by Crippen LogP contribution is -1.99. The Morgan fingerprint density at radius 2 is 0.907 bits per heavy atom. The number of ether oxygens (including phenoxy) is 2. The number of hydrogen-bond acceptors (Lipinski definition) is 8. The maximum absolute atomic E-state index is 6.15. The van der Waals surface area contributed by atoms with Crippen molar-refractivity contribution in [3.05, 3.63) is 142 Å². The van der Waals surface area contributed by atoms with Gasteiger partial charge in [-0.15, -0.1) is 0 Å². The minimum absolute atomic E-state index is 0.487. The molecule has 8 aromatic rings. The average molecular weight is 715 g/mol. The van der Waals surface area contributed by atoms with Crippen LogP contribution in [0, 0.1) is 27.7 Å². The predicted molar refractivity (Wildman–Crippen MR) is 223 cm³/mol. The summed E-state index contributed by atoms with van der Waals surface area (Å²) in [5, 5.41) is 4.34. The lowest BCUT2D eigenvalue weighted by atomic mass is 9.99. The van der Waals surface area contributed by atoms with Crippen LogP contribution in [-0.2, 0) is 25.7 Å². The van der Waals surface area contributed by atoms with E-state index in [1.807, 2.05) is 24.5 Å². The minimum atomic E-state index is 0.487. The summed E-state index contributed by atoms with van der Waals surface area (Å²) in [6.07, 6.45) is 7.59. The van der Waals surface area contributed by atoms with Crippen LogP contribution in [0.25, 0.3) is 43.6 Å². The molecule has 0 saturated carbocycles. The van der Waals surface area contributed by atoms with E-state index in [2.05, 4.69) is 120 Å². The summed E-state index contributed by atoms with van der Waals surface area (Å²) in [7, 11) is 3.39. The van der Waals surface area contributed by atoms with E-state index in [0.717, 1.165) is 80.8 Å². The maximum atomic E-state index is 6.15. The van der Waals surface area contributed by atoms with Gasteiger partial charge in [-0.3, -0.25) is 9.97 Å². The topological polar surface area (TPSA) is 122 Å². The number of pyridine rings is 4. The van der Waals surface area contributed by atoms with Crippen molar-refractivity contribution in [2.75, 3.05) is 25.7 Å². The Labute approximate surface area is 316 Å². The molecule has 4 aromatic heterocycles.